The van der Waals surface area contributed by atoms with Crippen LogP contribution in [0.5, 0.6) is 11.5 Å². The first-order valence-corrected chi connectivity index (χ1v) is 7.50. The van der Waals surface area contributed by atoms with Crippen molar-refractivity contribution in [1.82, 2.24) is 4.98 Å². The molecule has 2 aromatic carbocycles. The van der Waals surface area contributed by atoms with Gasteiger partial charge in [0.15, 0.2) is 11.5 Å². The maximum Gasteiger partial charge on any atom is 0.272 e. The quantitative estimate of drug-likeness (QED) is 0.761. The number of benzene rings is 2. The summed E-state index contributed by atoms with van der Waals surface area (Å²) in [6.45, 7) is 3.08. The summed E-state index contributed by atoms with van der Waals surface area (Å²) < 4.78 is 11.0. The highest BCUT2D eigenvalue weighted by atomic mass is 16.6. The largest absolute Gasteiger partial charge is 0.486 e. The van der Waals surface area contributed by atoms with Crippen molar-refractivity contribution in [3.05, 3.63) is 53.7 Å². The predicted molar refractivity (Wildman–Crippen MR) is 88.4 cm³/mol. The first kappa shape index (κ1) is 13.7. The number of aromatic amines is 1. The fraction of sp³-hybridized carbons (Fsp3) is 0.167. The van der Waals surface area contributed by atoms with Crippen LogP contribution in [0.25, 0.3) is 10.9 Å². The van der Waals surface area contributed by atoms with Gasteiger partial charge in [0.25, 0.3) is 5.91 Å². The van der Waals surface area contributed by atoms with Gasteiger partial charge in [-0.25, -0.2) is 0 Å². The average Bonchev–Trinajstić information content (AvgIpc) is 3.01. The van der Waals surface area contributed by atoms with E-state index in [2.05, 4.69) is 10.3 Å². The Morgan fingerprint density at radius 2 is 1.91 bits per heavy atom. The van der Waals surface area contributed by atoms with E-state index in [4.69, 9.17) is 9.47 Å². The molecule has 5 heteroatoms. The molecule has 0 radical (unpaired) electrons. The van der Waals surface area contributed by atoms with Crippen LogP contribution < -0.4 is 14.8 Å². The van der Waals surface area contributed by atoms with E-state index in [1.807, 2.05) is 31.2 Å². The van der Waals surface area contributed by atoms with Gasteiger partial charge in [0.1, 0.15) is 18.9 Å². The third kappa shape index (κ3) is 2.50. The zero-order chi connectivity index (χ0) is 15.8. The lowest BCUT2D eigenvalue weighted by Gasteiger charge is -2.18. The molecule has 1 amide bonds. The molecule has 0 saturated heterocycles. The number of amides is 1. The Bertz CT molecular complexity index is 898. The van der Waals surface area contributed by atoms with Gasteiger partial charge in [-0.3, -0.25) is 4.79 Å². The molecule has 2 heterocycles. The summed E-state index contributed by atoms with van der Waals surface area (Å²) >= 11 is 0. The summed E-state index contributed by atoms with van der Waals surface area (Å²) in [6.07, 6.45) is 0. The highest BCUT2D eigenvalue weighted by Gasteiger charge is 2.14. The fourth-order valence-electron chi connectivity index (χ4n) is 2.75. The Morgan fingerprint density at radius 1 is 1.09 bits per heavy atom. The number of hydrogen-bond donors (Lipinski definition) is 2. The van der Waals surface area contributed by atoms with Crippen molar-refractivity contribution in [2.75, 3.05) is 18.5 Å². The predicted octanol–water partition coefficient (Wildman–Crippen LogP) is 3.50. The Labute approximate surface area is 133 Å². The van der Waals surface area contributed by atoms with Gasteiger partial charge < -0.3 is 19.8 Å². The number of fused-ring (bicyclic) bond motifs is 2. The topological polar surface area (TPSA) is 63.4 Å². The molecule has 0 aliphatic carbocycles. The maximum atomic E-state index is 12.4. The first-order chi connectivity index (χ1) is 11.2. The number of hydrogen-bond acceptors (Lipinski definition) is 3. The van der Waals surface area contributed by atoms with Crippen molar-refractivity contribution < 1.29 is 14.3 Å². The second kappa shape index (κ2) is 5.35. The summed E-state index contributed by atoms with van der Waals surface area (Å²) in [5.74, 6) is 1.18. The minimum absolute atomic E-state index is 0.183. The summed E-state index contributed by atoms with van der Waals surface area (Å²) in [5, 5.41) is 3.91. The molecule has 1 aromatic heterocycles. The van der Waals surface area contributed by atoms with E-state index in [0.29, 0.717) is 36.1 Å². The lowest BCUT2D eigenvalue weighted by Crippen LogP contribution is -2.16. The number of aromatic nitrogens is 1. The molecule has 0 spiro atoms. The van der Waals surface area contributed by atoms with E-state index in [1.165, 1.54) is 0 Å². The molecule has 0 unspecified atom stereocenters. The molecular weight excluding hydrogens is 292 g/mol. The SMILES string of the molecule is Cc1cccc2cc(C(=O)Nc3ccc4c(c3)OCCO4)[nH]c12. The van der Waals surface area contributed by atoms with E-state index in [1.54, 1.807) is 18.2 Å². The molecule has 1 aliphatic rings. The van der Waals surface area contributed by atoms with Crippen LogP contribution in [0, 0.1) is 6.92 Å². The second-order valence-corrected chi connectivity index (χ2v) is 5.53. The molecule has 0 atom stereocenters. The molecule has 0 fully saturated rings. The fourth-order valence-corrected chi connectivity index (χ4v) is 2.75. The Kier molecular flexibility index (Phi) is 3.19. The van der Waals surface area contributed by atoms with E-state index in [9.17, 15) is 4.79 Å². The molecule has 1 aliphatic heterocycles. The number of para-hydroxylation sites is 1. The molecule has 5 nitrogen and oxygen atoms in total. The number of rotatable bonds is 2. The van der Waals surface area contributed by atoms with Crippen molar-refractivity contribution in [2.24, 2.45) is 0 Å². The van der Waals surface area contributed by atoms with Crippen LogP contribution in [-0.2, 0) is 0 Å². The molecule has 3 aromatic rings. The molecule has 116 valence electrons. The molecular formula is C18H16N2O3. The Balaban J connectivity index is 1.60. The van der Waals surface area contributed by atoms with Crippen LogP contribution >= 0.6 is 0 Å². The monoisotopic (exact) mass is 308 g/mol. The average molecular weight is 308 g/mol. The Morgan fingerprint density at radius 3 is 2.74 bits per heavy atom. The van der Waals surface area contributed by atoms with Crippen molar-refractivity contribution >= 4 is 22.5 Å². The van der Waals surface area contributed by atoms with Crippen LogP contribution in [0.2, 0.25) is 0 Å². The molecule has 23 heavy (non-hydrogen) atoms. The zero-order valence-electron chi connectivity index (χ0n) is 12.7. The normalized spacial score (nSPS) is 13.1. The minimum Gasteiger partial charge on any atom is -0.486 e. The number of anilines is 1. The number of H-pyrrole nitrogens is 1. The van der Waals surface area contributed by atoms with Gasteiger partial charge in [-0.1, -0.05) is 18.2 Å². The van der Waals surface area contributed by atoms with Crippen LogP contribution in [-0.4, -0.2) is 24.1 Å². The number of aryl methyl sites for hydroxylation is 1. The molecule has 4 rings (SSSR count). The number of nitrogens with one attached hydrogen (secondary N) is 2. The van der Waals surface area contributed by atoms with Gasteiger partial charge in [-0.05, 0) is 30.7 Å². The van der Waals surface area contributed by atoms with Gasteiger partial charge in [0, 0.05) is 22.7 Å². The molecule has 0 saturated carbocycles. The summed E-state index contributed by atoms with van der Waals surface area (Å²) in [6, 6.07) is 13.2. The lowest BCUT2D eigenvalue weighted by molar-refractivity contribution is 0.102. The smallest absolute Gasteiger partial charge is 0.272 e. The standard InChI is InChI=1S/C18H16N2O3/c1-11-3-2-4-12-9-14(20-17(11)12)18(21)19-13-5-6-15-16(10-13)23-8-7-22-15/h2-6,9-10,20H,7-8H2,1H3,(H,19,21). The third-order valence-corrected chi connectivity index (χ3v) is 3.91. The first-order valence-electron chi connectivity index (χ1n) is 7.50. The van der Waals surface area contributed by atoms with Crippen LogP contribution in [0.1, 0.15) is 16.1 Å². The van der Waals surface area contributed by atoms with Gasteiger partial charge >= 0.3 is 0 Å². The van der Waals surface area contributed by atoms with Crippen molar-refractivity contribution in [1.29, 1.82) is 0 Å². The highest BCUT2D eigenvalue weighted by Crippen LogP contribution is 2.32. The van der Waals surface area contributed by atoms with Crippen molar-refractivity contribution in [2.45, 2.75) is 6.92 Å². The number of ether oxygens (including phenoxy) is 2. The van der Waals surface area contributed by atoms with Gasteiger partial charge in [-0.15, -0.1) is 0 Å². The van der Waals surface area contributed by atoms with Gasteiger partial charge in [-0.2, -0.15) is 0 Å². The minimum atomic E-state index is -0.183. The zero-order valence-corrected chi connectivity index (χ0v) is 12.7. The number of carbonyl (C=O) groups is 1. The third-order valence-electron chi connectivity index (χ3n) is 3.91. The van der Waals surface area contributed by atoms with Crippen molar-refractivity contribution in [3.8, 4) is 11.5 Å². The van der Waals surface area contributed by atoms with E-state index >= 15 is 0 Å². The maximum absolute atomic E-state index is 12.4. The van der Waals surface area contributed by atoms with Gasteiger partial charge in [0.2, 0.25) is 0 Å². The summed E-state index contributed by atoms with van der Waals surface area (Å²) in [7, 11) is 0. The van der Waals surface area contributed by atoms with Crippen LogP contribution in [0.3, 0.4) is 0 Å². The summed E-state index contributed by atoms with van der Waals surface area (Å²) in [5.41, 5.74) is 3.31. The second-order valence-electron chi connectivity index (χ2n) is 5.53. The van der Waals surface area contributed by atoms with E-state index in [-0.39, 0.29) is 5.91 Å². The van der Waals surface area contributed by atoms with E-state index in [0.717, 1.165) is 16.5 Å². The molecule has 2 N–H and O–H groups in total. The summed E-state index contributed by atoms with van der Waals surface area (Å²) in [4.78, 5) is 15.6. The van der Waals surface area contributed by atoms with E-state index < -0.39 is 0 Å². The Hall–Kier alpha value is -2.95. The van der Waals surface area contributed by atoms with Crippen LogP contribution in [0.15, 0.2) is 42.5 Å². The van der Waals surface area contributed by atoms with Crippen LogP contribution in [0.4, 0.5) is 5.69 Å². The highest BCUT2D eigenvalue weighted by molar-refractivity contribution is 6.06. The lowest BCUT2D eigenvalue weighted by atomic mass is 10.2. The number of carbonyl (C=O) groups excluding carboxylic acids is 1. The van der Waals surface area contributed by atoms with Gasteiger partial charge in [0.05, 0.1) is 0 Å². The van der Waals surface area contributed by atoms with Crippen molar-refractivity contribution in [3.63, 3.8) is 0 Å². The molecule has 0 bridgehead atoms.